The van der Waals surface area contributed by atoms with Crippen LogP contribution in [0.4, 0.5) is 11.6 Å². The van der Waals surface area contributed by atoms with Crippen molar-refractivity contribution >= 4 is 23.4 Å². The molecule has 3 rings (SSSR count). The number of rotatable bonds is 5. The predicted octanol–water partition coefficient (Wildman–Crippen LogP) is 2.96. The average Bonchev–Trinajstić information content (AvgIpc) is 2.62. The van der Waals surface area contributed by atoms with Crippen LogP contribution in [0.25, 0.3) is 0 Å². The molecule has 1 aliphatic rings. The zero-order valence-electron chi connectivity index (χ0n) is 13.6. The van der Waals surface area contributed by atoms with E-state index >= 15 is 0 Å². The van der Waals surface area contributed by atoms with Crippen LogP contribution in [0.2, 0.25) is 0 Å². The molecule has 0 amide bonds. The number of benzene rings is 1. The SMILES string of the molecule is COc1cc(CNc2cc(N3CCSCC3)ncn2)ccc1C. The van der Waals surface area contributed by atoms with E-state index in [0.29, 0.717) is 6.54 Å². The predicted molar refractivity (Wildman–Crippen MR) is 96.6 cm³/mol. The summed E-state index contributed by atoms with van der Waals surface area (Å²) in [6.07, 6.45) is 1.63. The number of anilines is 2. The zero-order chi connectivity index (χ0) is 16.1. The summed E-state index contributed by atoms with van der Waals surface area (Å²) in [5.41, 5.74) is 2.31. The molecule has 122 valence electrons. The van der Waals surface area contributed by atoms with Crippen molar-refractivity contribution < 1.29 is 4.74 Å². The Morgan fingerprint density at radius 3 is 2.83 bits per heavy atom. The quantitative estimate of drug-likeness (QED) is 0.909. The van der Waals surface area contributed by atoms with E-state index in [0.717, 1.165) is 47.5 Å². The lowest BCUT2D eigenvalue weighted by atomic mass is 10.1. The first-order valence-electron chi connectivity index (χ1n) is 7.78. The summed E-state index contributed by atoms with van der Waals surface area (Å²) in [4.78, 5) is 11.0. The Labute approximate surface area is 141 Å². The van der Waals surface area contributed by atoms with Gasteiger partial charge in [0.15, 0.2) is 0 Å². The number of thioether (sulfide) groups is 1. The lowest BCUT2D eigenvalue weighted by Gasteiger charge is -2.27. The maximum atomic E-state index is 5.37. The molecule has 1 aromatic heterocycles. The number of nitrogens with zero attached hydrogens (tertiary/aromatic N) is 3. The molecule has 0 atom stereocenters. The number of nitrogens with one attached hydrogen (secondary N) is 1. The molecule has 1 aliphatic heterocycles. The van der Waals surface area contributed by atoms with Crippen LogP contribution in [0.3, 0.4) is 0 Å². The Kier molecular flexibility index (Phi) is 5.23. The van der Waals surface area contributed by atoms with Gasteiger partial charge in [0.25, 0.3) is 0 Å². The smallest absolute Gasteiger partial charge is 0.134 e. The summed E-state index contributed by atoms with van der Waals surface area (Å²) in [5, 5.41) is 3.37. The highest BCUT2D eigenvalue weighted by Crippen LogP contribution is 2.21. The summed E-state index contributed by atoms with van der Waals surface area (Å²) in [7, 11) is 1.70. The van der Waals surface area contributed by atoms with Gasteiger partial charge in [-0.1, -0.05) is 12.1 Å². The van der Waals surface area contributed by atoms with Crippen LogP contribution >= 0.6 is 11.8 Å². The molecule has 0 radical (unpaired) electrons. The molecule has 0 spiro atoms. The van der Waals surface area contributed by atoms with Crippen molar-refractivity contribution in [3.05, 3.63) is 41.7 Å². The second-order valence-electron chi connectivity index (χ2n) is 5.52. The van der Waals surface area contributed by atoms with Crippen molar-refractivity contribution in [2.45, 2.75) is 13.5 Å². The summed E-state index contributed by atoms with van der Waals surface area (Å²) in [6.45, 7) is 4.86. The van der Waals surface area contributed by atoms with Gasteiger partial charge >= 0.3 is 0 Å². The minimum Gasteiger partial charge on any atom is -0.496 e. The molecule has 1 aromatic carbocycles. The fourth-order valence-electron chi connectivity index (χ4n) is 2.58. The maximum absolute atomic E-state index is 5.37. The van der Waals surface area contributed by atoms with Gasteiger partial charge in [-0.05, 0) is 24.1 Å². The molecule has 1 saturated heterocycles. The van der Waals surface area contributed by atoms with Crippen molar-refractivity contribution in [2.24, 2.45) is 0 Å². The van der Waals surface area contributed by atoms with Gasteiger partial charge in [-0.2, -0.15) is 11.8 Å². The van der Waals surface area contributed by atoms with Gasteiger partial charge in [0.2, 0.25) is 0 Å². The van der Waals surface area contributed by atoms with E-state index in [2.05, 4.69) is 38.4 Å². The normalized spacial score (nSPS) is 14.6. The van der Waals surface area contributed by atoms with E-state index in [9.17, 15) is 0 Å². The number of methoxy groups -OCH3 is 1. The van der Waals surface area contributed by atoms with Gasteiger partial charge < -0.3 is 15.0 Å². The van der Waals surface area contributed by atoms with E-state index in [4.69, 9.17) is 4.74 Å². The summed E-state index contributed by atoms with van der Waals surface area (Å²) in [6, 6.07) is 8.27. The molecular weight excluding hydrogens is 308 g/mol. The fraction of sp³-hybridized carbons (Fsp3) is 0.412. The lowest BCUT2D eigenvalue weighted by molar-refractivity contribution is 0.411. The van der Waals surface area contributed by atoms with Crippen molar-refractivity contribution in [1.82, 2.24) is 9.97 Å². The Morgan fingerprint density at radius 2 is 2.04 bits per heavy atom. The number of ether oxygens (including phenoxy) is 1. The third-order valence-corrected chi connectivity index (χ3v) is 4.88. The minimum absolute atomic E-state index is 0.711. The van der Waals surface area contributed by atoms with Crippen LogP contribution in [0.5, 0.6) is 5.75 Å². The first-order chi connectivity index (χ1) is 11.3. The average molecular weight is 330 g/mol. The number of aryl methyl sites for hydroxylation is 1. The second-order valence-corrected chi connectivity index (χ2v) is 6.74. The van der Waals surface area contributed by atoms with E-state index in [1.165, 1.54) is 5.56 Å². The van der Waals surface area contributed by atoms with Crippen LogP contribution in [-0.2, 0) is 6.54 Å². The topological polar surface area (TPSA) is 50.3 Å². The van der Waals surface area contributed by atoms with E-state index in [1.807, 2.05) is 24.8 Å². The van der Waals surface area contributed by atoms with Gasteiger partial charge in [0, 0.05) is 37.2 Å². The Balaban J connectivity index is 1.66. The third-order valence-electron chi connectivity index (χ3n) is 3.93. The second kappa shape index (κ2) is 7.55. The minimum atomic E-state index is 0.711. The largest absolute Gasteiger partial charge is 0.496 e. The number of hydrogen-bond donors (Lipinski definition) is 1. The van der Waals surface area contributed by atoms with Crippen molar-refractivity contribution in [3.63, 3.8) is 0 Å². The van der Waals surface area contributed by atoms with E-state index in [-0.39, 0.29) is 0 Å². The highest BCUT2D eigenvalue weighted by Gasteiger charge is 2.13. The van der Waals surface area contributed by atoms with Crippen molar-refractivity contribution in [2.75, 3.05) is 41.9 Å². The van der Waals surface area contributed by atoms with Gasteiger partial charge in [-0.3, -0.25) is 0 Å². The van der Waals surface area contributed by atoms with Crippen LogP contribution in [0, 0.1) is 6.92 Å². The Bertz CT molecular complexity index is 659. The lowest BCUT2D eigenvalue weighted by Crippen LogP contribution is -2.33. The third kappa shape index (κ3) is 4.07. The summed E-state index contributed by atoms with van der Waals surface area (Å²) >= 11 is 2.00. The van der Waals surface area contributed by atoms with Crippen LogP contribution in [0.1, 0.15) is 11.1 Å². The van der Waals surface area contributed by atoms with Gasteiger partial charge in [0.1, 0.15) is 23.7 Å². The molecule has 2 heterocycles. The van der Waals surface area contributed by atoms with Crippen LogP contribution < -0.4 is 15.0 Å². The number of aromatic nitrogens is 2. The standard InChI is InChI=1S/C17H22N4OS/c1-13-3-4-14(9-15(13)22-2)11-18-16-10-17(20-12-19-16)21-5-7-23-8-6-21/h3-4,9-10,12H,5-8,11H2,1-2H3,(H,18,19,20). The molecule has 0 unspecified atom stereocenters. The van der Waals surface area contributed by atoms with Crippen molar-refractivity contribution in [1.29, 1.82) is 0 Å². The molecule has 1 fully saturated rings. The summed E-state index contributed by atoms with van der Waals surface area (Å²) < 4.78 is 5.37. The van der Waals surface area contributed by atoms with E-state index in [1.54, 1.807) is 13.4 Å². The molecule has 6 heteroatoms. The fourth-order valence-corrected chi connectivity index (χ4v) is 3.48. The summed E-state index contributed by atoms with van der Waals surface area (Å²) in [5.74, 6) is 5.10. The molecule has 1 N–H and O–H groups in total. The highest BCUT2D eigenvalue weighted by atomic mass is 32.2. The Morgan fingerprint density at radius 1 is 1.22 bits per heavy atom. The molecule has 5 nitrogen and oxygen atoms in total. The van der Waals surface area contributed by atoms with Crippen LogP contribution in [0.15, 0.2) is 30.6 Å². The van der Waals surface area contributed by atoms with Crippen molar-refractivity contribution in [3.8, 4) is 5.75 Å². The molecule has 0 aliphatic carbocycles. The maximum Gasteiger partial charge on any atom is 0.134 e. The first kappa shape index (κ1) is 15.9. The monoisotopic (exact) mass is 330 g/mol. The molecule has 2 aromatic rings. The molecule has 0 bridgehead atoms. The molecule has 0 saturated carbocycles. The first-order valence-corrected chi connectivity index (χ1v) is 8.94. The molecule has 23 heavy (non-hydrogen) atoms. The Hall–Kier alpha value is -1.95. The highest BCUT2D eigenvalue weighted by molar-refractivity contribution is 7.99. The zero-order valence-corrected chi connectivity index (χ0v) is 14.4. The van der Waals surface area contributed by atoms with Gasteiger partial charge in [-0.15, -0.1) is 0 Å². The van der Waals surface area contributed by atoms with Crippen LogP contribution in [-0.4, -0.2) is 41.7 Å². The van der Waals surface area contributed by atoms with E-state index < -0.39 is 0 Å². The van der Waals surface area contributed by atoms with Gasteiger partial charge in [-0.25, -0.2) is 9.97 Å². The van der Waals surface area contributed by atoms with Gasteiger partial charge in [0.05, 0.1) is 7.11 Å². The number of hydrogen-bond acceptors (Lipinski definition) is 6. The molecular formula is C17H22N4OS.